The molecular formula is C12H8ClN3. The summed E-state index contributed by atoms with van der Waals surface area (Å²) < 4.78 is 0. The van der Waals surface area contributed by atoms with Gasteiger partial charge in [-0.1, -0.05) is 11.6 Å². The number of halogens is 1. The second-order valence-corrected chi connectivity index (χ2v) is 3.81. The molecule has 1 aromatic heterocycles. The maximum atomic E-state index is 8.88. The molecule has 0 amide bonds. The van der Waals surface area contributed by atoms with E-state index in [4.69, 9.17) is 16.9 Å². The van der Waals surface area contributed by atoms with Crippen molar-refractivity contribution in [2.75, 3.05) is 0 Å². The molecule has 2 aromatic rings. The van der Waals surface area contributed by atoms with Gasteiger partial charge < -0.3 is 0 Å². The van der Waals surface area contributed by atoms with Gasteiger partial charge in [0.1, 0.15) is 11.5 Å². The van der Waals surface area contributed by atoms with Crippen LogP contribution >= 0.6 is 11.6 Å². The monoisotopic (exact) mass is 229 g/mol. The molecule has 78 valence electrons. The van der Waals surface area contributed by atoms with Crippen LogP contribution in [0, 0.1) is 18.3 Å². The Hall–Kier alpha value is -1.92. The lowest BCUT2D eigenvalue weighted by molar-refractivity contribution is 1.17. The fraction of sp³-hybridized carbons (Fsp3) is 0.0833. The van der Waals surface area contributed by atoms with Crippen LogP contribution in [0.4, 0.5) is 0 Å². The van der Waals surface area contributed by atoms with Gasteiger partial charge in [0.15, 0.2) is 0 Å². The van der Waals surface area contributed by atoms with Gasteiger partial charge in [-0.15, -0.1) is 0 Å². The minimum absolute atomic E-state index is 0.394. The van der Waals surface area contributed by atoms with Crippen molar-refractivity contribution in [1.82, 2.24) is 9.97 Å². The predicted molar refractivity (Wildman–Crippen MR) is 61.9 cm³/mol. The normalized spacial score (nSPS) is 9.81. The summed E-state index contributed by atoms with van der Waals surface area (Å²) in [5.74, 6) is 0. The lowest BCUT2D eigenvalue weighted by Gasteiger charge is -2.03. The Bertz CT molecular complexity index is 573. The highest BCUT2D eigenvalue weighted by atomic mass is 35.5. The van der Waals surface area contributed by atoms with Crippen LogP contribution in [0.25, 0.3) is 11.3 Å². The van der Waals surface area contributed by atoms with Gasteiger partial charge in [0.05, 0.1) is 17.3 Å². The molecule has 0 aliphatic rings. The second kappa shape index (κ2) is 4.30. The Labute approximate surface area is 98.4 Å². The number of aromatic nitrogens is 2. The van der Waals surface area contributed by atoms with Gasteiger partial charge in [-0.25, -0.2) is 9.97 Å². The van der Waals surface area contributed by atoms with Crippen LogP contribution in [0.2, 0.25) is 5.15 Å². The van der Waals surface area contributed by atoms with Gasteiger partial charge in [0, 0.05) is 11.6 Å². The first-order valence-electron chi connectivity index (χ1n) is 4.69. The highest BCUT2D eigenvalue weighted by molar-refractivity contribution is 6.29. The van der Waals surface area contributed by atoms with Crippen molar-refractivity contribution in [2.24, 2.45) is 0 Å². The number of aryl methyl sites for hydroxylation is 1. The van der Waals surface area contributed by atoms with Gasteiger partial charge in [0.2, 0.25) is 0 Å². The molecule has 0 spiro atoms. The van der Waals surface area contributed by atoms with E-state index in [9.17, 15) is 0 Å². The topological polar surface area (TPSA) is 49.6 Å². The van der Waals surface area contributed by atoms with Crippen molar-refractivity contribution in [3.63, 3.8) is 0 Å². The summed E-state index contributed by atoms with van der Waals surface area (Å²) in [5, 5.41) is 9.27. The van der Waals surface area contributed by atoms with Gasteiger partial charge >= 0.3 is 0 Å². The lowest BCUT2D eigenvalue weighted by atomic mass is 10.0. The zero-order chi connectivity index (χ0) is 11.5. The predicted octanol–water partition coefficient (Wildman–Crippen LogP) is 2.98. The van der Waals surface area contributed by atoms with Crippen molar-refractivity contribution in [3.8, 4) is 17.3 Å². The van der Waals surface area contributed by atoms with Gasteiger partial charge in [-0.05, 0) is 30.7 Å². The highest BCUT2D eigenvalue weighted by Gasteiger charge is 2.03. The van der Waals surface area contributed by atoms with Crippen LogP contribution in [0.15, 0.2) is 30.6 Å². The molecule has 0 bridgehead atoms. The smallest absolute Gasteiger partial charge is 0.133 e. The van der Waals surface area contributed by atoms with Crippen LogP contribution < -0.4 is 0 Å². The molecule has 16 heavy (non-hydrogen) atoms. The minimum Gasteiger partial charge on any atom is -0.236 e. The largest absolute Gasteiger partial charge is 0.236 e. The number of hydrogen-bond donors (Lipinski definition) is 0. The van der Waals surface area contributed by atoms with E-state index in [1.165, 1.54) is 6.33 Å². The molecule has 0 aliphatic heterocycles. The fourth-order valence-electron chi connectivity index (χ4n) is 1.49. The average molecular weight is 230 g/mol. The molecule has 0 atom stereocenters. The summed E-state index contributed by atoms with van der Waals surface area (Å²) in [5.41, 5.74) is 3.23. The Kier molecular flexibility index (Phi) is 2.84. The molecule has 1 heterocycles. The molecule has 0 fully saturated rings. The lowest BCUT2D eigenvalue weighted by Crippen LogP contribution is -1.88. The Morgan fingerprint density at radius 2 is 2.00 bits per heavy atom. The summed E-state index contributed by atoms with van der Waals surface area (Å²) in [6, 6.07) is 9.36. The third kappa shape index (κ3) is 2.18. The summed E-state index contributed by atoms with van der Waals surface area (Å²) in [6.45, 7) is 1.94. The number of hydrogen-bond acceptors (Lipinski definition) is 3. The number of nitriles is 1. The molecule has 0 saturated heterocycles. The maximum absolute atomic E-state index is 8.88. The van der Waals surface area contributed by atoms with E-state index in [0.717, 1.165) is 16.8 Å². The van der Waals surface area contributed by atoms with E-state index in [1.807, 2.05) is 19.1 Å². The standard InChI is InChI=1S/C12H8ClN3/c1-8-2-9(6-14)4-10(3-8)11-5-12(13)16-7-15-11/h2-5,7H,1H3. The second-order valence-electron chi connectivity index (χ2n) is 3.43. The Morgan fingerprint density at radius 1 is 1.19 bits per heavy atom. The minimum atomic E-state index is 0.394. The third-order valence-electron chi connectivity index (χ3n) is 2.14. The average Bonchev–Trinajstić information content (AvgIpc) is 2.28. The van der Waals surface area contributed by atoms with Gasteiger partial charge in [-0.3, -0.25) is 0 Å². The summed E-state index contributed by atoms with van der Waals surface area (Å²) in [7, 11) is 0. The van der Waals surface area contributed by atoms with E-state index in [-0.39, 0.29) is 0 Å². The Morgan fingerprint density at radius 3 is 2.69 bits per heavy atom. The van der Waals surface area contributed by atoms with Crippen molar-refractivity contribution in [3.05, 3.63) is 46.9 Å². The van der Waals surface area contributed by atoms with E-state index in [2.05, 4.69) is 16.0 Å². The molecule has 0 aliphatic carbocycles. The van der Waals surface area contributed by atoms with Gasteiger partial charge in [-0.2, -0.15) is 5.26 Å². The van der Waals surface area contributed by atoms with Gasteiger partial charge in [0.25, 0.3) is 0 Å². The molecule has 0 saturated carbocycles. The zero-order valence-corrected chi connectivity index (χ0v) is 9.36. The molecule has 2 rings (SSSR count). The van der Waals surface area contributed by atoms with Crippen LogP contribution in [-0.2, 0) is 0 Å². The summed E-state index contributed by atoms with van der Waals surface area (Å²) in [4.78, 5) is 7.94. The van der Waals surface area contributed by atoms with Crippen LogP contribution in [0.3, 0.4) is 0 Å². The number of nitrogens with zero attached hydrogens (tertiary/aromatic N) is 3. The number of rotatable bonds is 1. The molecule has 1 aromatic carbocycles. The molecule has 0 unspecified atom stereocenters. The first-order chi connectivity index (χ1) is 7.69. The first kappa shape index (κ1) is 10.6. The van der Waals surface area contributed by atoms with E-state index >= 15 is 0 Å². The quantitative estimate of drug-likeness (QED) is 0.707. The maximum Gasteiger partial charge on any atom is 0.133 e. The molecule has 0 N–H and O–H groups in total. The van der Waals surface area contributed by atoms with E-state index in [1.54, 1.807) is 12.1 Å². The fourth-order valence-corrected chi connectivity index (χ4v) is 1.63. The third-order valence-corrected chi connectivity index (χ3v) is 2.34. The van der Waals surface area contributed by atoms with Crippen LogP contribution in [-0.4, -0.2) is 9.97 Å². The molecular weight excluding hydrogens is 222 g/mol. The highest BCUT2D eigenvalue weighted by Crippen LogP contribution is 2.21. The molecule has 0 radical (unpaired) electrons. The summed E-state index contributed by atoms with van der Waals surface area (Å²) in [6.07, 6.45) is 1.41. The van der Waals surface area contributed by atoms with Crippen molar-refractivity contribution in [2.45, 2.75) is 6.92 Å². The summed E-state index contributed by atoms with van der Waals surface area (Å²) >= 11 is 5.79. The number of benzene rings is 1. The van der Waals surface area contributed by atoms with Crippen molar-refractivity contribution in [1.29, 1.82) is 5.26 Å². The molecule has 3 nitrogen and oxygen atoms in total. The Balaban J connectivity index is 2.56. The van der Waals surface area contributed by atoms with Crippen molar-refractivity contribution < 1.29 is 0 Å². The van der Waals surface area contributed by atoms with E-state index < -0.39 is 0 Å². The van der Waals surface area contributed by atoms with Crippen LogP contribution in [0.1, 0.15) is 11.1 Å². The SMILES string of the molecule is Cc1cc(C#N)cc(-c2cc(Cl)ncn2)c1. The van der Waals surface area contributed by atoms with E-state index in [0.29, 0.717) is 10.7 Å². The van der Waals surface area contributed by atoms with Crippen LogP contribution in [0.5, 0.6) is 0 Å². The van der Waals surface area contributed by atoms with Crippen molar-refractivity contribution >= 4 is 11.6 Å². The first-order valence-corrected chi connectivity index (χ1v) is 5.06. The zero-order valence-electron chi connectivity index (χ0n) is 8.61. The molecule has 4 heteroatoms.